The molecule has 0 atom stereocenters. The van der Waals surface area contributed by atoms with Crippen LogP contribution in [0.3, 0.4) is 0 Å². The minimum Gasteiger partial charge on any atom is -0.496 e. The van der Waals surface area contributed by atoms with Crippen molar-refractivity contribution in [3.8, 4) is 5.75 Å². The monoisotopic (exact) mass is 191 g/mol. The number of hydrogen-bond donors (Lipinski definition) is 0. The summed E-state index contributed by atoms with van der Waals surface area (Å²) in [4.78, 5) is 2.45. The van der Waals surface area contributed by atoms with Crippen LogP contribution < -0.4 is 4.74 Å². The van der Waals surface area contributed by atoms with E-state index < -0.39 is 0 Å². The van der Waals surface area contributed by atoms with Gasteiger partial charge in [-0.1, -0.05) is 12.1 Å². The fourth-order valence-electron chi connectivity index (χ4n) is 1.97. The average molecular weight is 191 g/mol. The predicted molar refractivity (Wildman–Crippen MR) is 57.4 cm³/mol. The van der Waals surface area contributed by atoms with Gasteiger partial charge in [0.05, 0.1) is 7.11 Å². The molecule has 2 heteroatoms. The molecule has 1 aromatic rings. The third-order valence-electron chi connectivity index (χ3n) is 2.91. The molecular weight excluding hydrogens is 174 g/mol. The third kappa shape index (κ3) is 1.50. The van der Waals surface area contributed by atoms with Crippen LogP contribution >= 0.6 is 0 Å². The minimum absolute atomic E-state index is 0.604. The Morgan fingerprint density at radius 1 is 1.29 bits per heavy atom. The molecule has 1 heterocycles. The molecule has 1 aromatic carbocycles. The topological polar surface area (TPSA) is 12.5 Å². The van der Waals surface area contributed by atoms with E-state index in [4.69, 9.17) is 4.74 Å². The van der Waals surface area contributed by atoms with E-state index in [1.54, 1.807) is 7.11 Å². The normalized spacial score (nSPS) is 16.0. The largest absolute Gasteiger partial charge is 0.496 e. The van der Waals surface area contributed by atoms with Gasteiger partial charge >= 0.3 is 0 Å². The van der Waals surface area contributed by atoms with Gasteiger partial charge in [0.15, 0.2) is 0 Å². The van der Waals surface area contributed by atoms with E-state index in [1.165, 1.54) is 11.1 Å². The maximum absolute atomic E-state index is 5.36. The molecule has 2 rings (SSSR count). The van der Waals surface area contributed by atoms with E-state index in [0.717, 1.165) is 18.8 Å². The number of methoxy groups -OCH3 is 1. The Bertz CT molecular complexity index is 333. The molecule has 0 radical (unpaired) electrons. The lowest BCUT2D eigenvalue weighted by atomic mass is 10.1. The summed E-state index contributed by atoms with van der Waals surface area (Å²) in [6, 6.07) is 6.91. The molecule has 1 aliphatic heterocycles. The summed E-state index contributed by atoms with van der Waals surface area (Å²) in [5.74, 6) is 1.03. The lowest BCUT2D eigenvalue weighted by Gasteiger charge is -2.19. The van der Waals surface area contributed by atoms with Gasteiger partial charge in [-0.2, -0.15) is 0 Å². The Labute approximate surface area is 85.5 Å². The molecule has 0 bridgehead atoms. The van der Waals surface area contributed by atoms with Gasteiger partial charge in [-0.05, 0) is 25.5 Å². The second kappa shape index (κ2) is 3.62. The zero-order chi connectivity index (χ0) is 10.1. The van der Waals surface area contributed by atoms with Crippen LogP contribution in [0.2, 0.25) is 0 Å². The van der Waals surface area contributed by atoms with E-state index in [9.17, 15) is 0 Å². The summed E-state index contributed by atoms with van der Waals surface area (Å²) in [7, 11) is 1.74. The maximum atomic E-state index is 5.36. The Balaban J connectivity index is 2.30. The van der Waals surface area contributed by atoms with Gasteiger partial charge in [-0.25, -0.2) is 0 Å². The van der Waals surface area contributed by atoms with Crippen molar-refractivity contribution in [3.63, 3.8) is 0 Å². The first-order valence-corrected chi connectivity index (χ1v) is 5.11. The van der Waals surface area contributed by atoms with Crippen molar-refractivity contribution in [2.24, 2.45) is 0 Å². The molecular formula is C12H17NO. The Kier molecular flexibility index (Phi) is 2.46. The number of ether oxygens (including phenoxy) is 1. The number of hydrogen-bond acceptors (Lipinski definition) is 2. The molecule has 76 valence electrons. The lowest BCUT2D eigenvalue weighted by Crippen LogP contribution is -2.24. The van der Waals surface area contributed by atoms with Crippen LogP contribution in [0.1, 0.15) is 25.0 Å². The minimum atomic E-state index is 0.604. The Hall–Kier alpha value is -1.02. The van der Waals surface area contributed by atoms with Crippen molar-refractivity contribution in [1.82, 2.24) is 4.90 Å². The van der Waals surface area contributed by atoms with Crippen LogP contribution in [0.5, 0.6) is 5.75 Å². The molecule has 0 saturated heterocycles. The molecule has 0 unspecified atom stereocenters. The van der Waals surface area contributed by atoms with Gasteiger partial charge in [0.25, 0.3) is 0 Å². The van der Waals surface area contributed by atoms with Crippen LogP contribution in [-0.2, 0) is 13.1 Å². The molecule has 14 heavy (non-hydrogen) atoms. The van der Waals surface area contributed by atoms with Crippen molar-refractivity contribution in [2.75, 3.05) is 7.11 Å². The molecule has 0 aliphatic carbocycles. The summed E-state index contributed by atoms with van der Waals surface area (Å²) in [6.45, 7) is 6.55. The van der Waals surface area contributed by atoms with Crippen LogP contribution in [0.25, 0.3) is 0 Å². The number of fused-ring (bicyclic) bond motifs is 1. The van der Waals surface area contributed by atoms with Crippen LogP contribution in [0.4, 0.5) is 0 Å². The summed E-state index contributed by atoms with van der Waals surface area (Å²) >= 11 is 0. The zero-order valence-electron chi connectivity index (χ0n) is 9.08. The summed E-state index contributed by atoms with van der Waals surface area (Å²) in [5.41, 5.74) is 2.78. The summed E-state index contributed by atoms with van der Waals surface area (Å²) in [6.07, 6.45) is 0. The fraction of sp³-hybridized carbons (Fsp3) is 0.500. The van der Waals surface area contributed by atoms with Crippen molar-refractivity contribution >= 4 is 0 Å². The standard InChI is InChI=1S/C12H17NO/c1-9(2)13-7-10-5-4-6-12(14-3)11(10)8-13/h4-6,9H,7-8H2,1-3H3. The van der Waals surface area contributed by atoms with Gasteiger partial charge in [0, 0.05) is 24.7 Å². The molecule has 2 nitrogen and oxygen atoms in total. The Morgan fingerprint density at radius 2 is 2.07 bits per heavy atom. The molecule has 1 aliphatic rings. The first-order chi connectivity index (χ1) is 6.72. The highest BCUT2D eigenvalue weighted by atomic mass is 16.5. The zero-order valence-corrected chi connectivity index (χ0v) is 9.08. The molecule has 0 amide bonds. The number of rotatable bonds is 2. The van der Waals surface area contributed by atoms with Crippen molar-refractivity contribution in [2.45, 2.75) is 33.0 Å². The van der Waals surface area contributed by atoms with Gasteiger partial charge in [0.1, 0.15) is 5.75 Å². The average Bonchev–Trinajstić information content (AvgIpc) is 2.60. The first kappa shape index (κ1) is 9.53. The van der Waals surface area contributed by atoms with Crippen LogP contribution in [0.15, 0.2) is 18.2 Å². The predicted octanol–water partition coefficient (Wildman–Crippen LogP) is 2.42. The van der Waals surface area contributed by atoms with E-state index in [1.807, 2.05) is 6.07 Å². The summed E-state index contributed by atoms with van der Waals surface area (Å²) in [5, 5.41) is 0. The van der Waals surface area contributed by atoms with Gasteiger partial charge < -0.3 is 4.74 Å². The molecule has 0 N–H and O–H groups in total. The lowest BCUT2D eigenvalue weighted by molar-refractivity contribution is 0.226. The number of nitrogens with zero attached hydrogens (tertiary/aromatic N) is 1. The van der Waals surface area contributed by atoms with E-state index in [0.29, 0.717) is 6.04 Å². The van der Waals surface area contributed by atoms with Gasteiger partial charge in [-0.3, -0.25) is 4.90 Å². The number of benzene rings is 1. The quantitative estimate of drug-likeness (QED) is 0.711. The van der Waals surface area contributed by atoms with Crippen molar-refractivity contribution in [1.29, 1.82) is 0 Å². The molecule has 0 saturated carbocycles. The van der Waals surface area contributed by atoms with E-state index in [2.05, 4.69) is 30.9 Å². The van der Waals surface area contributed by atoms with E-state index in [-0.39, 0.29) is 0 Å². The van der Waals surface area contributed by atoms with Gasteiger partial charge in [-0.15, -0.1) is 0 Å². The summed E-state index contributed by atoms with van der Waals surface area (Å²) < 4.78 is 5.36. The molecule has 0 fully saturated rings. The highest BCUT2D eigenvalue weighted by molar-refractivity contribution is 5.42. The SMILES string of the molecule is COc1cccc2c1CN(C(C)C)C2. The fourth-order valence-corrected chi connectivity index (χ4v) is 1.97. The smallest absolute Gasteiger partial charge is 0.123 e. The highest BCUT2D eigenvalue weighted by Gasteiger charge is 2.23. The van der Waals surface area contributed by atoms with Crippen LogP contribution in [0, 0.1) is 0 Å². The second-order valence-electron chi connectivity index (χ2n) is 4.10. The third-order valence-corrected chi connectivity index (χ3v) is 2.91. The molecule has 0 spiro atoms. The Morgan fingerprint density at radius 3 is 2.71 bits per heavy atom. The van der Waals surface area contributed by atoms with E-state index >= 15 is 0 Å². The highest BCUT2D eigenvalue weighted by Crippen LogP contribution is 2.31. The molecule has 0 aromatic heterocycles. The first-order valence-electron chi connectivity index (χ1n) is 5.11. The van der Waals surface area contributed by atoms with Crippen molar-refractivity contribution < 1.29 is 4.74 Å². The van der Waals surface area contributed by atoms with Crippen molar-refractivity contribution in [3.05, 3.63) is 29.3 Å². The second-order valence-corrected chi connectivity index (χ2v) is 4.10. The van der Waals surface area contributed by atoms with Gasteiger partial charge in [0.2, 0.25) is 0 Å². The van der Waals surface area contributed by atoms with Crippen LogP contribution in [-0.4, -0.2) is 18.1 Å². The maximum Gasteiger partial charge on any atom is 0.123 e.